The molecule has 3 heterocycles. The third-order valence-corrected chi connectivity index (χ3v) is 16.4. The molecule has 2 spiro atoms. The molecule has 0 amide bonds. The summed E-state index contributed by atoms with van der Waals surface area (Å²) in [6, 6.07) is -0.114. The minimum atomic E-state index is -0.912. The van der Waals surface area contributed by atoms with Crippen molar-refractivity contribution in [2.24, 2.45) is 52.1 Å². The molecule has 6 fully saturated rings. The summed E-state index contributed by atoms with van der Waals surface area (Å²) in [6.07, 6.45) is 12.1. The van der Waals surface area contributed by atoms with E-state index in [1.807, 2.05) is 6.08 Å². The van der Waals surface area contributed by atoms with Crippen LogP contribution >= 0.6 is 0 Å². The van der Waals surface area contributed by atoms with Crippen molar-refractivity contribution in [2.75, 3.05) is 33.7 Å². The van der Waals surface area contributed by atoms with E-state index in [1.165, 1.54) is 0 Å². The van der Waals surface area contributed by atoms with Crippen molar-refractivity contribution in [3.63, 3.8) is 0 Å². The molecule has 7 rings (SSSR count). The molecule has 4 aliphatic carbocycles. The van der Waals surface area contributed by atoms with Crippen LogP contribution in [0, 0.1) is 46.3 Å². The molecule has 14 nitrogen and oxygen atoms in total. The maximum absolute atomic E-state index is 13.4. The van der Waals surface area contributed by atoms with Crippen molar-refractivity contribution >= 4 is 5.97 Å². The number of carboxylic acid groups (broad SMARTS) is 1. The number of hydrogen-bond acceptors (Lipinski definition) is 13. The number of aliphatic carboxylic acids is 1. The summed E-state index contributed by atoms with van der Waals surface area (Å²) >= 11 is 0. The number of rotatable bonds is 14. The largest absolute Gasteiger partial charge is 0.481 e. The normalized spacial score (nSPS) is 46.9. The van der Waals surface area contributed by atoms with Crippen LogP contribution in [-0.2, 0) is 23.7 Å². The van der Waals surface area contributed by atoms with Gasteiger partial charge in [0.25, 0.3) is 0 Å². The summed E-state index contributed by atoms with van der Waals surface area (Å²) in [5.41, 5.74) is 5.70. The molecular formula is C44H75N3O11. The summed E-state index contributed by atoms with van der Waals surface area (Å²) < 4.78 is 25.2. The molecule has 7 aliphatic rings. The second-order valence-corrected chi connectivity index (χ2v) is 19.5. The van der Waals surface area contributed by atoms with Gasteiger partial charge in [0.2, 0.25) is 0 Å². The Hall–Kier alpha value is -1.27. The van der Waals surface area contributed by atoms with E-state index < -0.39 is 54.6 Å². The number of carboxylic acids is 1. The van der Waals surface area contributed by atoms with E-state index in [4.69, 9.17) is 24.7 Å². The van der Waals surface area contributed by atoms with Gasteiger partial charge in [-0.2, -0.15) is 0 Å². The summed E-state index contributed by atoms with van der Waals surface area (Å²) in [6.45, 7) is 2.75. The fourth-order valence-electron chi connectivity index (χ4n) is 14.0. The summed E-state index contributed by atoms with van der Waals surface area (Å²) in [5.74, 6) is -1.33. The smallest absolute Gasteiger partial charge is 0.311 e. The molecule has 14 heteroatoms. The Bertz CT molecular complexity index is 1370. The van der Waals surface area contributed by atoms with Crippen molar-refractivity contribution in [1.82, 2.24) is 10.6 Å². The van der Waals surface area contributed by atoms with Gasteiger partial charge in [0.1, 0.15) is 12.9 Å². The van der Waals surface area contributed by atoms with Crippen molar-refractivity contribution < 1.29 is 54.4 Å². The van der Waals surface area contributed by atoms with E-state index in [0.29, 0.717) is 44.4 Å². The molecule has 10 N–H and O–H groups in total. The van der Waals surface area contributed by atoms with Gasteiger partial charge in [0.15, 0.2) is 0 Å². The summed E-state index contributed by atoms with van der Waals surface area (Å²) in [5, 5.41) is 71.5. The van der Waals surface area contributed by atoms with Gasteiger partial charge in [-0.15, -0.1) is 0 Å². The first kappa shape index (κ1) is 44.8. The van der Waals surface area contributed by atoms with E-state index in [2.05, 4.69) is 23.6 Å². The molecule has 0 aromatic heterocycles. The van der Waals surface area contributed by atoms with Crippen LogP contribution in [0.4, 0.5) is 0 Å². The Kier molecular flexibility index (Phi) is 15.0. The average Bonchev–Trinajstić information content (AvgIpc) is 3.84. The van der Waals surface area contributed by atoms with Gasteiger partial charge in [-0.3, -0.25) is 4.79 Å². The summed E-state index contributed by atoms with van der Waals surface area (Å²) in [4.78, 5) is 13.4. The van der Waals surface area contributed by atoms with Gasteiger partial charge in [-0.25, -0.2) is 0 Å². The lowest BCUT2D eigenvalue weighted by molar-refractivity contribution is -0.206. The first-order chi connectivity index (χ1) is 27.9. The van der Waals surface area contributed by atoms with Crippen LogP contribution in [0.2, 0.25) is 0 Å². The number of nitrogens with two attached hydrogens (primary N) is 1. The van der Waals surface area contributed by atoms with E-state index in [-0.39, 0.29) is 78.9 Å². The molecule has 9 unspecified atom stereocenters. The minimum Gasteiger partial charge on any atom is -0.481 e. The van der Waals surface area contributed by atoms with E-state index in [0.717, 1.165) is 70.8 Å². The fraction of sp³-hybridized carbons (Fsp3) is 0.932. The number of methoxy groups -OCH3 is 1. The molecule has 0 aromatic carbocycles. The first-order valence-electron chi connectivity index (χ1n) is 22.8. The Balaban J connectivity index is 1.11. The molecule has 0 radical (unpaired) electrons. The van der Waals surface area contributed by atoms with Gasteiger partial charge < -0.3 is 66.0 Å². The van der Waals surface area contributed by atoms with Crippen molar-refractivity contribution in [1.29, 1.82) is 0 Å². The highest BCUT2D eigenvalue weighted by atomic mass is 16.6. The van der Waals surface area contributed by atoms with Crippen molar-refractivity contribution in [2.45, 2.75) is 177 Å². The number of hydrogen-bond donors (Lipinski definition) is 9. The third-order valence-electron chi connectivity index (χ3n) is 16.4. The maximum atomic E-state index is 13.4. The molecule has 332 valence electrons. The van der Waals surface area contributed by atoms with Gasteiger partial charge in [0, 0.05) is 37.1 Å². The van der Waals surface area contributed by atoms with E-state index in [1.54, 1.807) is 7.11 Å². The van der Waals surface area contributed by atoms with Gasteiger partial charge >= 0.3 is 5.97 Å². The molecular weight excluding hydrogens is 746 g/mol. The van der Waals surface area contributed by atoms with Crippen LogP contribution < -0.4 is 16.4 Å². The molecule has 3 aliphatic heterocycles. The fourth-order valence-corrected chi connectivity index (χ4v) is 14.0. The zero-order valence-electron chi connectivity index (χ0n) is 34.9. The van der Waals surface area contributed by atoms with Crippen LogP contribution in [0.3, 0.4) is 0 Å². The number of allylic oxidation sites excluding steroid dienone is 1. The Labute approximate surface area is 345 Å². The average molecular weight is 822 g/mol. The minimum absolute atomic E-state index is 0.0178. The van der Waals surface area contributed by atoms with E-state index in [9.17, 15) is 35.4 Å². The maximum Gasteiger partial charge on any atom is 0.311 e. The Morgan fingerprint density at radius 1 is 0.897 bits per heavy atom. The van der Waals surface area contributed by atoms with Gasteiger partial charge in [0.05, 0.1) is 61.4 Å². The molecule has 3 saturated carbocycles. The zero-order valence-corrected chi connectivity index (χ0v) is 34.9. The quantitative estimate of drug-likeness (QED) is 0.0907. The van der Waals surface area contributed by atoms with Crippen molar-refractivity contribution in [3.05, 3.63) is 12.2 Å². The van der Waals surface area contributed by atoms with Crippen LogP contribution in [-0.4, -0.2) is 137 Å². The highest BCUT2D eigenvalue weighted by molar-refractivity contribution is 5.75. The Morgan fingerprint density at radius 3 is 2.38 bits per heavy atom. The first-order valence-corrected chi connectivity index (χ1v) is 22.8. The highest BCUT2D eigenvalue weighted by Gasteiger charge is 2.69. The number of fused-ring (bicyclic) bond motifs is 1. The lowest BCUT2D eigenvalue weighted by Crippen LogP contribution is -2.70. The van der Waals surface area contributed by atoms with Gasteiger partial charge in [-0.05, 0) is 132 Å². The number of aliphatic hydroxyl groups excluding tert-OH is 5. The molecule has 0 bridgehead atoms. The lowest BCUT2D eigenvalue weighted by atomic mass is 9.45. The second-order valence-electron chi connectivity index (χ2n) is 19.5. The third kappa shape index (κ3) is 8.83. The van der Waals surface area contributed by atoms with Crippen molar-refractivity contribution in [3.8, 4) is 0 Å². The predicted molar refractivity (Wildman–Crippen MR) is 215 cm³/mol. The molecule has 3 saturated heterocycles. The Morgan fingerprint density at radius 2 is 1.67 bits per heavy atom. The lowest BCUT2D eigenvalue weighted by Gasteiger charge is -2.63. The van der Waals surface area contributed by atoms with Crippen LogP contribution in [0.25, 0.3) is 0 Å². The zero-order chi connectivity index (χ0) is 41.2. The standard InChI is InChI=1S/C44H75N3O11/c1-25-22-43(13-3-4-14-43)44(31(8-9-32(44)42(53)54)27-11-15-46-39(45)20-27)38(47-25)23-56-37-19-28(18-36(55-2)40(37)52)41-30(12-16-48)34(51)21-29(58-41)7-5-26-6-10-33(50)35(17-26)57-24-49/h8-9,25-41,46-52H,3-7,10-24,45H2,1-2H3,(H,53,54)/t25-,26?,27?,28?,29-,30+,31+,32+,33?,34-,35?,36?,37?,38-,39?,40?,41-,44-/m0/s1. The number of nitrogens with one attached hydrogen (secondary N) is 2. The molecule has 58 heavy (non-hydrogen) atoms. The number of carbonyl (C=O) groups is 1. The molecule has 18 atom stereocenters. The van der Waals surface area contributed by atoms with Crippen LogP contribution in [0.15, 0.2) is 12.2 Å². The number of ether oxygens (including phenoxy) is 4. The summed E-state index contributed by atoms with van der Waals surface area (Å²) in [7, 11) is 1.60. The SMILES string of the molecule is COC1CC([C@@H]2O[C@@H](CCC3CCC(O)C(OCO)C3)C[C@H](O)[C@H]2CCO)CC(OC[C@@H]2N[C@@H](C)CC3(CCCC3)[C@@]23[C@@H](C(=O)O)C=C[C@@H]3C2CCNC(N)C2)C1O. The number of piperidine rings is 2. The second kappa shape index (κ2) is 19.4. The molecule has 0 aromatic rings. The predicted octanol–water partition coefficient (Wildman–Crippen LogP) is 2.42. The van der Waals surface area contributed by atoms with Gasteiger partial charge in [-0.1, -0.05) is 25.0 Å². The van der Waals surface area contributed by atoms with Crippen LogP contribution in [0.1, 0.15) is 110 Å². The number of aliphatic hydroxyl groups is 5. The highest BCUT2D eigenvalue weighted by Crippen LogP contribution is 2.69. The monoisotopic (exact) mass is 822 g/mol. The van der Waals surface area contributed by atoms with Crippen LogP contribution in [0.5, 0.6) is 0 Å². The van der Waals surface area contributed by atoms with E-state index >= 15 is 0 Å². The topological polar surface area (TPSA) is 225 Å².